The van der Waals surface area contributed by atoms with Crippen LogP contribution in [0.2, 0.25) is 10.3 Å². The Kier molecular flexibility index (Phi) is 3.62. The van der Waals surface area contributed by atoms with E-state index in [-0.39, 0.29) is 5.28 Å². The predicted molar refractivity (Wildman–Crippen MR) is 84.9 cm³/mol. The maximum absolute atomic E-state index is 5.99. The van der Waals surface area contributed by atoms with E-state index in [0.29, 0.717) is 10.8 Å². The summed E-state index contributed by atoms with van der Waals surface area (Å²) >= 11 is 16.9. The molecule has 3 nitrogen and oxygen atoms in total. The molecule has 19 heavy (non-hydrogen) atoms. The first-order valence-corrected chi connectivity index (χ1v) is 7.69. The Labute approximate surface area is 131 Å². The van der Waals surface area contributed by atoms with E-state index in [0.717, 1.165) is 20.4 Å². The largest absolute Gasteiger partial charge is 0.339 e. The minimum Gasteiger partial charge on any atom is -0.339 e. The first kappa shape index (κ1) is 13.1. The van der Waals surface area contributed by atoms with Crippen molar-refractivity contribution in [2.75, 3.05) is 5.32 Å². The molecule has 0 radical (unpaired) electrons. The third-order valence-electron chi connectivity index (χ3n) is 2.48. The Morgan fingerprint density at radius 2 is 2.00 bits per heavy atom. The lowest BCUT2D eigenvalue weighted by molar-refractivity contribution is 1.23. The van der Waals surface area contributed by atoms with Crippen LogP contribution in [0.1, 0.15) is 0 Å². The lowest BCUT2D eigenvalue weighted by Crippen LogP contribution is -1.96. The molecule has 0 aliphatic rings. The SMILES string of the molecule is Clc1ccc(Br)c(Nc2nc(Cl)nc3sccc23)c1. The summed E-state index contributed by atoms with van der Waals surface area (Å²) in [4.78, 5) is 9.25. The van der Waals surface area contributed by atoms with Gasteiger partial charge in [-0.3, -0.25) is 0 Å². The highest BCUT2D eigenvalue weighted by molar-refractivity contribution is 9.10. The summed E-state index contributed by atoms with van der Waals surface area (Å²) in [6.07, 6.45) is 0. The van der Waals surface area contributed by atoms with E-state index in [1.54, 1.807) is 0 Å². The molecule has 0 saturated heterocycles. The number of nitrogens with one attached hydrogen (secondary N) is 1. The van der Waals surface area contributed by atoms with Crippen molar-refractivity contribution >= 4 is 72.2 Å². The van der Waals surface area contributed by atoms with Crippen molar-refractivity contribution in [3.05, 3.63) is 44.4 Å². The molecule has 2 aromatic heterocycles. The van der Waals surface area contributed by atoms with Crippen LogP contribution in [0, 0.1) is 0 Å². The monoisotopic (exact) mass is 373 g/mol. The van der Waals surface area contributed by atoms with Gasteiger partial charge < -0.3 is 5.32 Å². The molecule has 0 bridgehead atoms. The van der Waals surface area contributed by atoms with E-state index in [1.807, 2.05) is 29.6 Å². The fourth-order valence-corrected chi connectivity index (χ4v) is 3.15. The molecule has 0 amide bonds. The van der Waals surface area contributed by atoms with E-state index in [9.17, 15) is 0 Å². The topological polar surface area (TPSA) is 37.8 Å². The normalized spacial score (nSPS) is 10.9. The Hall–Kier alpha value is -0.880. The molecule has 7 heteroatoms. The van der Waals surface area contributed by atoms with Gasteiger partial charge in [-0.15, -0.1) is 11.3 Å². The van der Waals surface area contributed by atoms with Gasteiger partial charge in [-0.25, -0.2) is 4.98 Å². The summed E-state index contributed by atoms with van der Waals surface area (Å²) in [6, 6.07) is 7.46. The fraction of sp³-hybridized carbons (Fsp3) is 0. The first-order chi connectivity index (χ1) is 9.13. The lowest BCUT2D eigenvalue weighted by atomic mass is 10.3. The molecule has 3 aromatic rings. The van der Waals surface area contributed by atoms with E-state index >= 15 is 0 Å². The number of nitrogens with zero attached hydrogens (tertiary/aromatic N) is 2. The third-order valence-corrected chi connectivity index (χ3v) is 4.38. The minimum absolute atomic E-state index is 0.218. The van der Waals surface area contributed by atoms with Gasteiger partial charge in [-0.05, 0) is 57.2 Å². The molecule has 0 spiro atoms. The van der Waals surface area contributed by atoms with Gasteiger partial charge in [0.05, 0.1) is 11.1 Å². The van der Waals surface area contributed by atoms with Crippen LogP contribution in [0.15, 0.2) is 34.1 Å². The van der Waals surface area contributed by atoms with Crippen LogP contribution in [0.4, 0.5) is 11.5 Å². The van der Waals surface area contributed by atoms with Gasteiger partial charge in [0.2, 0.25) is 5.28 Å². The van der Waals surface area contributed by atoms with Crippen molar-refractivity contribution in [1.82, 2.24) is 9.97 Å². The number of benzene rings is 1. The van der Waals surface area contributed by atoms with E-state index in [4.69, 9.17) is 23.2 Å². The predicted octanol–water partition coefficient (Wildman–Crippen LogP) is 5.50. The number of fused-ring (bicyclic) bond motifs is 1. The van der Waals surface area contributed by atoms with Crippen LogP contribution >= 0.6 is 50.5 Å². The summed E-state index contributed by atoms with van der Waals surface area (Å²) in [5.41, 5.74) is 0.828. The zero-order valence-electron chi connectivity index (χ0n) is 9.32. The average molecular weight is 375 g/mol. The molecule has 0 unspecified atom stereocenters. The number of halogens is 3. The highest BCUT2D eigenvalue weighted by Crippen LogP contribution is 2.32. The molecule has 0 aliphatic carbocycles. The molecule has 3 rings (SSSR count). The Bertz CT molecular complexity index is 760. The number of rotatable bonds is 2. The third kappa shape index (κ3) is 2.69. The highest BCUT2D eigenvalue weighted by Gasteiger charge is 2.09. The fourth-order valence-electron chi connectivity index (χ4n) is 1.65. The van der Waals surface area contributed by atoms with Gasteiger partial charge in [0.25, 0.3) is 0 Å². The summed E-state index contributed by atoms with van der Waals surface area (Å²) in [5, 5.41) is 6.97. The van der Waals surface area contributed by atoms with Crippen LogP contribution in [0.3, 0.4) is 0 Å². The zero-order valence-corrected chi connectivity index (χ0v) is 13.2. The van der Waals surface area contributed by atoms with Crippen LogP contribution < -0.4 is 5.32 Å². The average Bonchev–Trinajstić information content (AvgIpc) is 2.82. The molecule has 96 valence electrons. The summed E-state index contributed by atoms with van der Waals surface area (Å²) in [6.45, 7) is 0. The molecular weight excluding hydrogens is 369 g/mol. The second kappa shape index (κ2) is 5.25. The quantitative estimate of drug-likeness (QED) is 0.601. The Balaban J connectivity index is 2.10. The Morgan fingerprint density at radius 3 is 2.84 bits per heavy atom. The standard InChI is InChI=1S/C12H6BrCl2N3S/c13-8-2-1-6(14)5-9(8)16-10-7-3-4-19-11(7)18-12(15)17-10/h1-5H,(H,16,17,18). The smallest absolute Gasteiger partial charge is 0.225 e. The summed E-state index contributed by atoms with van der Waals surface area (Å²) in [7, 11) is 0. The van der Waals surface area contributed by atoms with E-state index in [1.165, 1.54) is 11.3 Å². The van der Waals surface area contributed by atoms with Crippen LogP contribution in [0.5, 0.6) is 0 Å². The second-order valence-electron chi connectivity index (χ2n) is 3.73. The minimum atomic E-state index is 0.218. The number of aromatic nitrogens is 2. The molecule has 0 fully saturated rings. The van der Waals surface area contributed by atoms with Gasteiger partial charge >= 0.3 is 0 Å². The second-order valence-corrected chi connectivity index (χ2v) is 6.25. The van der Waals surface area contributed by atoms with Gasteiger partial charge in [0, 0.05) is 9.50 Å². The van der Waals surface area contributed by atoms with Gasteiger partial charge in [-0.1, -0.05) is 11.6 Å². The van der Waals surface area contributed by atoms with Crippen LogP contribution in [0.25, 0.3) is 10.2 Å². The molecule has 1 N–H and O–H groups in total. The van der Waals surface area contributed by atoms with Crippen molar-refractivity contribution in [3.8, 4) is 0 Å². The molecule has 0 atom stereocenters. The highest BCUT2D eigenvalue weighted by atomic mass is 79.9. The molecule has 1 aromatic carbocycles. The number of hydrogen-bond acceptors (Lipinski definition) is 4. The maximum Gasteiger partial charge on any atom is 0.225 e. The zero-order chi connectivity index (χ0) is 13.4. The number of hydrogen-bond donors (Lipinski definition) is 1. The maximum atomic E-state index is 5.99. The molecular formula is C12H6BrCl2N3S. The first-order valence-electron chi connectivity index (χ1n) is 5.26. The van der Waals surface area contributed by atoms with Crippen molar-refractivity contribution in [1.29, 1.82) is 0 Å². The molecule has 0 saturated carbocycles. The molecule has 2 heterocycles. The van der Waals surface area contributed by atoms with E-state index < -0.39 is 0 Å². The van der Waals surface area contributed by atoms with Crippen molar-refractivity contribution < 1.29 is 0 Å². The summed E-state index contributed by atoms with van der Waals surface area (Å²) < 4.78 is 0.898. The van der Waals surface area contributed by atoms with Crippen molar-refractivity contribution in [2.24, 2.45) is 0 Å². The van der Waals surface area contributed by atoms with Gasteiger partial charge in [0.1, 0.15) is 10.6 Å². The number of anilines is 2. The van der Waals surface area contributed by atoms with E-state index in [2.05, 4.69) is 31.2 Å². The van der Waals surface area contributed by atoms with Crippen molar-refractivity contribution in [3.63, 3.8) is 0 Å². The number of thiophene rings is 1. The van der Waals surface area contributed by atoms with Crippen LogP contribution in [-0.4, -0.2) is 9.97 Å². The Morgan fingerprint density at radius 1 is 1.16 bits per heavy atom. The lowest BCUT2D eigenvalue weighted by Gasteiger charge is -2.09. The van der Waals surface area contributed by atoms with Gasteiger partial charge in [0.15, 0.2) is 0 Å². The van der Waals surface area contributed by atoms with Gasteiger partial charge in [-0.2, -0.15) is 4.98 Å². The van der Waals surface area contributed by atoms with Crippen molar-refractivity contribution in [2.45, 2.75) is 0 Å². The van der Waals surface area contributed by atoms with Crippen LogP contribution in [-0.2, 0) is 0 Å². The summed E-state index contributed by atoms with van der Waals surface area (Å²) in [5.74, 6) is 0.666. The molecule has 0 aliphatic heterocycles.